The second-order valence-corrected chi connectivity index (χ2v) is 6.58. The van der Waals surface area contributed by atoms with E-state index >= 15 is 0 Å². The predicted octanol–water partition coefficient (Wildman–Crippen LogP) is 2.83. The van der Waals surface area contributed by atoms with E-state index in [2.05, 4.69) is 0 Å². The lowest BCUT2D eigenvalue weighted by Gasteiger charge is -2.24. The molecule has 0 atom stereocenters. The van der Waals surface area contributed by atoms with Gasteiger partial charge in [0.1, 0.15) is 11.6 Å². The molecule has 1 aliphatic heterocycles. The fourth-order valence-corrected chi connectivity index (χ4v) is 3.60. The minimum Gasteiger partial charge on any atom is -0.341 e. The van der Waals surface area contributed by atoms with Crippen LogP contribution in [0.3, 0.4) is 0 Å². The Morgan fingerprint density at radius 2 is 1.58 bits per heavy atom. The molecule has 0 radical (unpaired) electrons. The van der Waals surface area contributed by atoms with Crippen molar-refractivity contribution in [3.05, 3.63) is 35.4 Å². The van der Waals surface area contributed by atoms with Crippen LogP contribution in [0.25, 0.3) is 0 Å². The van der Waals surface area contributed by atoms with Crippen LogP contribution in [0.4, 0.5) is 8.78 Å². The topological polar surface area (TPSA) is 40.6 Å². The first-order valence-corrected chi connectivity index (χ1v) is 8.59. The zero-order valence-corrected chi connectivity index (χ0v) is 13.6. The zero-order valence-electron chi connectivity index (χ0n) is 13.6. The molecule has 4 nitrogen and oxygen atoms in total. The van der Waals surface area contributed by atoms with Crippen LogP contribution in [0, 0.1) is 17.6 Å². The lowest BCUT2D eigenvalue weighted by Crippen LogP contribution is -2.39. The van der Waals surface area contributed by atoms with E-state index in [-0.39, 0.29) is 17.4 Å². The smallest absolute Gasteiger partial charge is 0.256 e. The van der Waals surface area contributed by atoms with Crippen molar-refractivity contribution in [2.45, 2.75) is 32.1 Å². The van der Waals surface area contributed by atoms with Gasteiger partial charge < -0.3 is 9.80 Å². The highest BCUT2D eigenvalue weighted by Crippen LogP contribution is 2.27. The molecule has 24 heavy (non-hydrogen) atoms. The van der Waals surface area contributed by atoms with Crippen molar-refractivity contribution in [3.63, 3.8) is 0 Å². The highest BCUT2D eigenvalue weighted by molar-refractivity contribution is 5.94. The monoisotopic (exact) mass is 336 g/mol. The first kappa shape index (κ1) is 16.9. The van der Waals surface area contributed by atoms with Gasteiger partial charge in [-0.05, 0) is 37.5 Å². The molecule has 0 unspecified atom stereocenters. The second-order valence-electron chi connectivity index (χ2n) is 6.58. The van der Waals surface area contributed by atoms with E-state index in [4.69, 9.17) is 0 Å². The summed E-state index contributed by atoms with van der Waals surface area (Å²) in [7, 11) is 0. The normalized spacial score (nSPS) is 19.4. The molecule has 6 heteroatoms. The van der Waals surface area contributed by atoms with Crippen LogP contribution in [-0.4, -0.2) is 47.8 Å². The molecule has 1 aromatic rings. The number of amides is 2. The molecule has 0 bridgehead atoms. The maximum Gasteiger partial charge on any atom is 0.256 e. The third-order valence-electron chi connectivity index (χ3n) is 4.96. The first-order chi connectivity index (χ1) is 11.6. The summed E-state index contributed by atoms with van der Waals surface area (Å²) in [6, 6.07) is 2.90. The Hall–Kier alpha value is -1.98. The largest absolute Gasteiger partial charge is 0.341 e. The maximum absolute atomic E-state index is 13.8. The Kier molecular flexibility index (Phi) is 5.11. The van der Waals surface area contributed by atoms with Gasteiger partial charge in [-0.1, -0.05) is 12.8 Å². The molecule has 2 fully saturated rings. The standard InChI is InChI=1S/C18H22F2N2O2/c19-14-6-7-16(20)15(12-14)18(24)22-9-3-8-21(10-11-22)17(23)13-4-1-2-5-13/h6-7,12-13H,1-5,8-11H2. The van der Waals surface area contributed by atoms with Crippen molar-refractivity contribution >= 4 is 11.8 Å². The molecule has 2 amide bonds. The maximum atomic E-state index is 13.8. The fourth-order valence-electron chi connectivity index (χ4n) is 3.60. The number of hydrogen-bond donors (Lipinski definition) is 0. The van der Waals surface area contributed by atoms with Gasteiger partial charge in [0.05, 0.1) is 5.56 Å². The van der Waals surface area contributed by atoms with E-state index in [1.165, 1.54) is 4.90 Å². The van der Waals surface area contributed by atoms with Crippen molar-refractivity contribution in [3.8, 4) is 0 Å². The lowest BCUT2D eigenvalue weighted by molar-refractivity contribution is -0.135. The molecule has 3 rings (SSSR count). The zero-order chi connectivity index (χ0) is 17.1. The first-order valence-electron chi connectivity index (χ1n) is 8.59. The Morgan fingerprint density at radius 1 is 0.917 bits per heavy atom. The number of halogens is 2. The van der Waals surface area contributed by atoms with Gasteiger partial charge in [-0.2, -0.15) is 0 Å². The summed E-state index contributed by atoms with van der Waals surface area (Å²) in [6.07, 6.45) is 4.77. The van der Waals surface area contributed by atoms with Gasteiger partial charge >= 0.3 is 0 Å². The molecule has 1 heterocycles. The van der Waals surface area contributed by atoms with E-state index in [0.29, 0.717) is 32.6 Å². The summed E-state index contributed by atoms with van der Waals surface area (Å²) in [5, 5.41) is 0. The predicted molar refractivity (Wildman–Crippen MR) is 85.4 cm³/mol. The molecule has 0 N–H and O–H groups in total. The lowest BCUT2D eigenvalue weighted by atomic mass is 10.1. The molecule has 0 spiro atoms. The summed E-state index contributed by atoms with van der Waals surface area (Å²) in [4.78, 5) is 28.3. The van der Waals surface area contributed by atoms with Gasteiger partial charge in [0.25, 0.3) is 5.91 Å². The van der Waals surface area contributed by atoms with Crippen LogP contribution in [0.1, 0.15) is 42.5 Å². The van der Waals surface area contributed by atoms with E-state index in [9.17, 15) is 18.4 Å². The van der Waals surface area contributed by atoms with Gasteiger partial charge in [-0.15, -0.1) is 0 Å². The molecule has 0 aromatic heterocycles. The average molecular weight is 336 g/mol. The van der Waals surface area contributed by atoms with Crippen LogP contribution < -0.4 is 0 Å². The van der Waals surface area contributed by atoms with Crippen LogP contribution >= 0.6 is 0 Å². The van der Waals surface area contributed by atoms with Gasteiger partial charge in [0.2, 0.25) is 5.91 Å². The molecule has 1 aliphatic carbocycles. The third-order valence-corrected chi connectivity index (χ3v) is 4.96. The van der Waals surface area contributed by atoms with Crippen LogP contribution in [0.5, 0.6) is 0 Å². The highest BCUT2D eigenvalue weighted by atomic mass is 19.1. The van der Waals surface area contributed by atoms with Crippen molar-refractivity contribution in [1.82, 2.24) is 9.80 Å². The highest BCUT2D eigenvalue weighted by Gasteiger charge is 2.29. The number of hydrogen-bond acceptors (Lipinski definition) is 2. The molecule has 1 saturated heterocycles. The number of carbonyl (C=O) groups is 2. The van der Waals surface area contributed by atoms with E-state index in [0.717, 1.165) is 43.9 Å². The van der Waals surface area contributed by atoms with Crippen molar-refractivity contribution < 1.29 is 18.4 Å². The van der Waals surface area contributed by atoms with Gasteiger partial charge in [0.15, 0.2) is 0 Å². The average Bonchev–Trinajstić information content (AvgIpc) is 3.00. The summed E-state index contributed by atoms with van der Waals surface area (Å²) in [5.41, 5.74) is -0.245. The quantitative estimate of drug-likeness (QED) is 0.833. The van der Waals surface area contributed by atoms with Gasteiger partial charge in [-0.25, -0.2) is 8.78 Å². The number of carbonyl (C=O) groups excluding carboxylic acids is 2. The molecule has 130 valence electrons. The summed E-state index contributed by atoms with van der Waals surface area (Å²) in [6.45, 7) is 1.87. The van der Waals surface area contributed by atoms with Crippen LogP contribution in [0.2, 0.25) is 0 Å². The number of rotatable bonds is 2. The Bertz CT molecular complexity index is 629. The Morgan fingerprint density at radius 3 is 2.33 bits per heavy atom. The number of nitrogens with zero attached hydrogens (tertiary/aromatic N) is 2. The fraction of sp³-hybridized carbons (Fsp3) is 0.556. The minimum atomic E-state index is -0.718. The molecular weight excluding hydrogens is 314 g/mol. The Labute approximate surface area is 140 Å². The third kappa shape index (κ3) is 3.57. The summed E-state index contributed by atoms with van der Waals surface area (Å²) >= 11 is 0. The van der Waals surface area contributed by atoms with E-state index < -0.39 is 17.5 Å². The molecular formula is C18H22F2N2O2. The van der Waals surface area contributed by atoms with Crippen molar-refractivity contribution in [2.75, 3.05) is 26.2 Å². The molecule has 1 saturated carbocycles. The minimum absolute atomic E-state index is 0.118. The number of benzene rings is 1. The summed E-state index contributed by atoms with van der Waals surface area (Å²) < 4.78 is 27.1. The van der Waals surface area contributed by atoms with Crippen molar-refractivity contribution in [1.29, 1.82) is 0 Å². The van der Waals surface area contributed by atoms with E-state index in [1.807, 2.05) is 4.90 Å². The Balaban J connectivity index is 1.65. The SMILES string of the molecule is O=C(c1cc(F)ccc1F)N1CCCN(C(=O)C2CCCC2)CC1. The van der Waals surface area contributed by atoms with Gasteiger partial charge in [-0.3, -0.25) is 9.59 Å². The van der Waals surface area contributed by atoms with Crippen molar-refractivity contribution in [2.24, 2.45) is 5.92 Å². The molecule has 1 aromatic carbocycles. The second kappa shape index (κ2) is 7.28. The van der Waals surface area contributed by atoms with E-state index in [1.54, 1.807) is 0 Å². The summed E-state index contributed by atoms with van der Waals surface area (Å²) in [5.74, 6) is -1.56. The molecule has 2 aliphatic rings. The van der Waals surface area contributed by atoms with Crippen LogP contribution in [-0.2, 0) is 4.79 Å². The van der Waals surface area contributed by atoms with Crippen LogP contribution in [0.15, 0.2) is 18.2 Å². The van der Waals surface area contributed by atoms with Gasteiger partial charge in [0, 0.05) is 32.1 Å².